The first-order chi connectivity index (χ1) is 10.2. The van der Waals surface area contributed by atoms with Gasteiger partial charge < -0.3 is 11.1 Å². The smallest absolute Gasteiger partial charge is 0.221 e. The fraction of sp³-hybridized carbons (Fsp3) is 0.611. The first-order valence-electron chi connectivity index (χ1n) is 8.32. The molecule has 0 spiro atoms. The summed E-state index contributed by atoms with van der Waals surface area (Å²) in [5, 5.41) is 3.36. The van der Waals surface area contributed by atoms with Crippen LogP contribution in [0.1, 0.15) is 56.9 Å². The van der Waals surface area contributed by atoms with Crippen molar-refractivity contribution in [1.29, 1.82) is 0 Å². The highest BCUT2D eigenvalue weighted by atomic mass is 35.5. The highest BCUT2D eigenvalue weighted by molar-refractivity contribution is 5.85. The average molecular weight is 323 g/mol. The predicted molar refractivity (Wildman–Crippen MR) is 91.9 cm³/mol. The number of amides is 1. The van der Waals surface area contributed by atoms with Crippen LogP contribution in [0.25, 0.3) is 0 Å². The summed E-state index contributed by atoms with van der Waals surface area (Å²) in [7, 11) is 0. The second-order valence-electron chi connectivity index (χ2n) is 6.76. The van der Waals surface area contributed by atoms with E-state index in [0.29, 0.717) is 12.3 Å². The summed E-state index contributed by atoms with van der Waals surface area (Å²) in [5.74, 6) is 0.558. The van der Waals surface area contributed by atoms with Crippen molar-refractivity contribution in [2.75, 3.05) is 0 Å². The Bertz CT molecular complexity index is 485. The van der Waals surface area contributed by atoms with Gasteiger partial charge in [0.05, 0.1) is 5.54 Å². The quantitative estimate of drug-likeness (QED) is 0.891. The zero-order valence-electron chi connectivity index (χ0n) is 13.1. The van der Waals surface area contributed by atoms with Gasteiger partial charge in [0, 0.05) is 12.5 Å². The molecular weight excluding hydrogens is 296 g/mol. The lowest BCUT2D eigenvalue weighted by molar-refractivity contribution is -0.124. The van der Waals surface area contributed by atoms with Crippen molar-refractivity contribution in [3.05, 3.63) is 35.9 Å². The maximum Gasteiger partial charge on any atom is 0.221 e. The predicted octanol–water partition coefficient (Wildman–Crippen LogP) is 3.51. The maximum absolute atomic E-state index is 12.5. The molecule has 0 aromatic heterocycles. The summed E-state index contributed by atoms with van der Waals surface area (Å²) < 4.78 is 0. The molecule has 0 unspecified atom stereocenters. The third-order valence-corrected chi connectivity index (χ3v) is 5.33. The largest absolute Gasteiger partial charge is 0.347 e. The van der Waals surface area contributed by atoms with Gasteiger partial charge in [-0.05, 0) is 37.2 Å². The van der Waals surface area contributed by atoms with Crippen LogP contribution in [-0.4, -0.2) is 11.9 Å². The summed E-state index contributed by atoms with van der Waals surface area (Å²) in [6, 6.07) is 10.7. The Morgan fingerprint density at radius 3 is 2.41 bits per heavy atom. The minimum Gasteiger partial charge on any atom is -0.347 e. The highest BCUT2D eigenvalue weighted by Crippen LogP contribution is 2.39. The molecule has 1 aromatic rings. The summed E-state index contributed by atoms with van der Waals surface area (Å²) >= 11 is 0. The van der Waals surface area contributed by atoms with E-state index in [1.807, 2.05) is 6.07 Å². The number of nitrogens with one attached hydrogen (secondary N) is 1. The maximum atomic E-state index is 12.5. The van der Waals surface area contributed by atoms with E-state index >= 15 is 0 Å². The highest BCUT2D eigenvalue weighted by Gasteiger charge is 2.37. The molecule has 2 fully saturated rings. The van der Waals surface area contributed by atoms with Gasteiger partial charge in [0.2, 0.25) is 5.91 Å². The molecule has 4 heteroatoms. The van der Waals surface area contributed by atoms with Crippen LogP contribution in [0.4, 0.5) is 0 Å². The molecule has 1 amide bonds. The molecule has 0 radical (unpaired) electrons. The van der Waals surface area contributed by atoms with Crippen LogP contribution in [0.3, 0.4) is 0 Å². The van der Waals surface area contributed by atoms with Crippen LogP contribution in [-0.2, 0) is 10.3 Å². The molecule has 3 rings (SSSR count). The van der Waals surface area contributed by atoms with Crippen molar-refractivity contribution < 1.29 is 4.79 Å². The second kappa shape index (κ2) is 7.47. The van der Waals surface area contributed by atoms with Crippen molar-refractivity contribution in [3.8, 4) is 0 Å². The Kier molecular flexibility index (Phi) is 5.87. The standard InChI is InChI=1S/C18H26N2O.ClH/c19-16-10-6-7-14(16)13-17(21)20-18(11-4-5-12-18)15-8-2-1-3-9-15;/h1-3,8-9,14,16H,4-7,10-13,19H2,(H,20,21);1H/t14-,16+;/m0./s1. The molecule has 0 saturated heterocycles. The molecule has 2 aliphatic rings. The molecule has 3 N–H and O–H groups in total. The third-order valence-electron chi connectivity index (χ3n) is 5.33. The minimum atomic E-state index is -0.138. The number of carbonyl (C=O) groups is 1. The van der Waals surface area contributed by atoms with Gasteiger partial charge in [0.15, 0.2) is 0 Å². The fourth-order valence-electron chi connectivity index (χ4n) is 4.10. The van der Waals surface area contributed by atoms with E-state index in [4.69, 9.17) is 5.73 Å². The van der Waals surface area contributed by atoms with Crippen molar-refractivity contribution in [2.24, 2.45) is 11.7 Å². The van der Waals surface area contributed by atoms with Crippen LogP contribution in [0, 0.1) is 5.92 Å². The van der Waals surface area contributed by atoms with Gasteiger partial charge >= 0.3 is 0 Å². The van der Waals surface area contributed by atoms with Gasteiger partial charge in [-0.2, -0.15) is 0 Å². The molecule has 0 aliphatic heterocycles. The van der Waals surface area contributed by atoms with E-state index in [0.717, 1.165) is 25.7 Å². The molecule has 3 nitrogen and oxygen atoms in total. The van der Waals surface area contributed by atoms with Crippen LogP contribution >= 0.6 is 12.4 Å². The fourth-order valence-corrected chi connectivity index (χ4v) is 4.10. The summed E-state index contributed by atoms with van der Waals surface area (Å²) in [6.07, 6.45) is 8.43. The second-order valence-corrected chi connectivity index (χ2v) is 6.76. The minimum absolute atomic E-state index is 0. The first kappa shape index (κ1) is 17.3. The lowest BCUT2D eigenvalue weighted by atomic mass is 9.87. The average Bonchev–Trinajstić information content (AvgIpc) is 3.11. The van der Waals surface area contributed by atoms with Crippen molar-refractivity contribution in [2.45, 2.75) is 62.9 Å². The van der Waals surface area contributed by atoms with Gasteiger partial charge in [-0.1, -0.05) is 49.6 Å². The molecule has 2 atom stereocenters. The molecule has 2 saturated carbocycles. The number of halogens is 1. The van der Waals surface area contributed by atoms with Gasteiger partial charge in [-0.3, -0.25) is 4.79 Å². The van der Waals surface area contributed by atoms with Crippen LogP contribution in [0.5, 0.6) is 0 Å². The van der Waals surface area contributed by atoms with Gasteiger partial charge in [0.25, 0.3) is 0 Å². The molecule has 122 valence electrons. The topological polar surface area (TPSA) is 55.1 Å². The number of carbonyl (C=O) groups excluding carboxylic acids is 1. The summed E-state index contributed by atoms with van der Waals surface area (Å²) in [5.41, 5.74) is 7.22. The van der Waals surface area contributed by atoms with E-state index in [1.54, 1.807) is 0 Å². The Morgan fingerprint density at radius 2 is 1.82 bits per heavy atom. The van der Waals surface area contributed by atoms with Crippen LogP contribution < -0.4 is 11.1 Å². The van der Waals surface area contributed by atoms with Crippen LogP contribution in [0.2, 0.25) is 0 Å². The van der Waals surface area contributed by atoms with E-state index in [1.165, 1.54) is 24.8 Å². The molecule has 0 heterocycles. The molecule has 0 bridgehead atoms. The summed E-state index contributed by atoms with van der Waals surface area (Å²) in [4.78, 5) is 12.5. The number of rotatable bonds is 4. The first-order valence-corrected chi connectivity index (χ1v) is 8.32. The van der Waals surface area contributed by atoms with E-state index in [2.05, 4.69) is 29.6 Å². The lowest BCUT2D eigenvalue weighted by Gasteiger charge is -2.32. The molecule has 1 aromatic carbocycles. The van der Waals surface area contributed by atoms with Gasteiger partial charge in [-0.15, -0.1) is 12.4 Å². The van der Waals surface area contributed by atoms with Gasteiger partial charge in [0.1, 0.15) is 0 Å². The van der Waals surface area contributed by atoms with E-state index in [-0.39, 0.29) is 29.9 Å². The Hall–Kier alpha value is -1.06. The Balaban J connectivity index is 0.00000176. The SMILES string of the molecule is Cl.N[C@@H]1CCC[C@H]1CC(=O)NC1(c2ccccc2)CCCC1. The number of nitrogens with two attached hydrogens (primary N) is 1. The summed E-state index contributed by atoms with van der Waals surface area (Å²) in [6.45, 7) is 0. The van der Waals surface area contributed by atoms with Crippen molar-refractivity contribution in [1.82, 2.24) is 5.32 Å². The monoisotopic (exact) mass is 322 g/mol. The number of hydrogen-bond donors (Lipinski definition) is 2. The molecule has 22 heavy (non-hydrogen) atoms. The van der Waals surface area contributed by atoms with Crippen molar-refractivity contribution >= 4 is 18.3 Å². The normalized spacial score (nSPS) is 26.4. The molecule has 2 aliphatic carbocycles. The third kappa shape index (κ3) is 3.64. The number of hydrogen-bond acceptors (Lipinski definition) is 2. The van der Waals surface area contributed by atoms with E-state index < -0.39 is 0 Å². The Morgan fingerprint density at radius 1 is 1.14 bits per heavy atom. The zero-order chi connectivity index (χ0) is 14.7. The van der Waals surface area contributed by atoms with E-state index in [9.17, 15) is 4.79 Å². The van der Waals surface area contributed by atoms with Crippen molar-refractivity contribution in [3.63, 3.8) is 0 Å². The van der Waals surface area contributed by atoms with Gasteiger partial charge in [-0.25, -0.2) is 0 Å². The number of benzene rings is 1. The van der Waals surface area contributed by atoms with Crippen LogP contribution in [0.15, 0.2) is 30.3 Å². The zero-order valence-corrected chi connectivity index (χ0v) is 13.9. The molecular formula is C18H27ClN2O. The Labute approximate surface area is 139 Å². The lowest BCUT2D eigenvalue weighted by Crippen LogP contribution is -2.45.